The fraction of sp³-hybridized carbons (Fsp3) is 0.296. The van der Waals surface area contributed by atoms with Crippen LogP contribution >= 0.6 is 0 Å². The summed E-state index contributed by atoms with van der Waals surface area (Å²) in [5.74, 6) is 0.135. The van der Waals surface area contributed by atoms with Crippen molar-refractivity contribution in [2.24, 2.45) is 0 Å². The maximum Gasteiger partial charge on any atom is 0.254 e. The van der Waals surface area contributed by atoms with Gasteiger partial charge in [0.2, 0.25) is 0 Å². The SMILES string of the molecule is CN(C)Cc1nc(Nc2ccc(-c3cnc4cc(F)ccn34)c3c2C(=O)NC3)ccc1[C@@H]1COCCO1. The number of imidazole rings is 1. The number of nitrogens with one attached hydrogen (secondary N) is 2. The molecule has 0 spiro atoms. The monoisotopic (exact) mass is 502 g/mol. The number of benzene rings is 1. The van der Waals surface area contributed by atoms with E-state index in [2.05, 4.69) is 20.5 Å². The van der Waals surface area contributed by atoms with Gasteiger partial charge in [-0.1, -0.05) is 12.1 Å². The van der Waals surface area contributed by atoms with Crippen LogP contribution in [0, 0.1) is 5.82 Å². The molecule has 1 saturated heterocycles. The molecule has 2 aliphatic heterocycles. The number of rotatable bonds is 6. The van der Waals surface area contributed by atoms with Gasteiger partial charge < -0.3 is 25.0 Å². The third kappa shape index (κ3) is 4.43. The highest BCUT2D eigenvalue weighted by atomic mass is 19.1. The number of hydrogen-bond acceptors (Lipinski definition) is 7. The Kier molecular flexibility index (Phi) is 6.07. The summed E-state index contributed by atoms with van der Waals surface area (Å²) >= 11 is 0. The van der Waals surface area contributed by atoms with Gasteiger partial charge in [0.25, 0.3) is 5.91 Å². The van der Waals surface area contributed by atoms with Gasteiger partial charge in [-0.2, -0.15) is 0 Å². The molecular weight excluding hydrogens is 475 g/mol. The van der Waals surface area contributed by atoms with Gasteiger partial charge in [-0.25, -0.2) is 14.4 Å². The zero-order chi connectivity index (χ0) is 25.5. The van der Waals surface area contributed by atoms with E-state index in [1.54, 1.807) is 12.4 Å². The molecule has 5 heterocycles. The molecule has 6 rings (SSSR count). The first kappa shape index (κ1) is 23.5. The highest BCUT2D eigenvalue weighted by molar-refractivity contribution is 6.06. The number of nitrogens with zero attached hydrogens (tertiary/aromatic N) is 4. The summed E-state index contributed by atoms with van der Waals surface area (Å²) in [7, 11) is 3.99. The van der Waals surface area contributed by atoms with Crippen LogP contribution in [-0.4, -0.2) is 59.1 Å². The Hall–Kier alpha value is -3.86. The Labute approximate surface area is 213 Å². The summed E-state index contributed by atoms with van der Waals surface area (Å²) in [5, 5.41) is 6.30. The molecule has 0 bridgehead atoms. The Morgan fingerprint density at radius 2 is 2.11 bits per heavy atom. The molecule has 9 nitrogen and oxygen atoms in total. The van der Waals surface area contributed by atoms with Gasteiger partial charge in [0.05, 0.1) is 48.7 Å². The summed E-state index contributed by atoms with van der Waals surface area (Å²) in [6.07, 6.45) is 3.19. The quantitative estimate of drug-likeness (QED) is 0.416. The molecule has 2 N–H and O–H groups in total. The van der Waals surface area contributed by atoms with Gasteiger partial charge >= 0.3 is 0 Å². The number of ether oxygens (including phenoxy) is 2. The third-order valence-corrected chi connectivity index (χ3v) is 6.62. The summed E-state index contributed by atoms with van der Waals surface area (Å²) in [6.45, 7) is 2.69. The van der Waals surface area contributed by atoms with Crippen LogP contribution in [0.4, 0.5) is 15.9 Å². The number of aromatic nitrogens is 3. The van der Waals surface area contributed by atoms with Crippen molar-refractivity contribution in [1.82, 2.24) is 24.6 Å². The zero-order valence-electron chi connectivity index (χ0n) is 20.6. The van der Waals surface area contributed by atoms with Crippen molar-refractivity contribution in [3.63, 3.8) is 0 Å². The predicted octanol–water partition coefficient (Wildman–Crippen LogP) is 3.67. The van der Waals surface area contributed by atoms with Gasteiger partial charge in [-0.3, -0.25) is 9.20 Å². The minimum atomic E-state index is -0.346. The Morgan fingerprint density at radius 3 is 2.92 bits per heavy atom. The van der Waals surface area contributed by atoms with E-state index < -0.39 is 0 Å². The lowest BCUT2D eigenvalue weighted by Crippen LogP contribution is -2.24. The molecule has 2 aliphatic rings. The summed E-state index contributed by atoms with van der Waals surface area (Å²) < 4.78 is 27.0. The molecule has 3 aromatic heterocycles. The number of hydrogen-bond donors (Lipinski definition) is 2. The molecule has 0 unspecified atom stereocenters. The van der Waals surface area contributed by atoms with Crippen molar-refractivity contribution < 1.29 is 18.7 Å². The molecular formula is C27H27FN6O3. The predicted molar refractivity (Wildman–Crippen MR) is 136 cm³/mol. The molecule has 1 atom stereocenters. The molecule has 1 fully saturated rings. The molecule has 0 aliphatic carbocycles. The van der Waals surface area contributed by atoms with Crippen molar-refractivity contribution in [1.29, 1.82) is 0 Å². The second-order valence-electron chi connectivity index (χ2n) is 9.44. The minimum absolute atomic E-state index is 0.154. The minimum Gasteiger partial charge on any atom is -0.376 e. The first-order chi connectivity index (χ1) is 18.0. The van der Waals surface area contributed by atoms with Crippen molar-refractivity contribution in [2.75, 3.05) is 39.2 Å². The van der Waals surface area contributed by atoms with E-state index in [0.29, 0.717) is 55.6 Å². The van der Waals surface area contributed by atoms with E-state index in [9.17, 15) is 9.18 Å². The van der Waals surface area contributed by atoms with E-state index >= 15 is 0 Å². The van der Waals surface area contributed by atoms with Crippen molar-refractivity contribution in [3.8, 4) is 11.3 Å². The summed E-state index contributed by atoms with van der Waals surface area (Å²) in [6, 6.07) is 10.5. The Morgan fingerprint density at radius 1 is 1.22 bits per heavy atom. The highest BCUT2D eigenvalue weighted by Gasteiger charge is 2.28. The lowest BCUT2D eigenvalue weighted by molar-refractivity contribution is -0.0907. The zero-order valence-corrected chi connectivity index (χ0v) is 20.6. The van der Waals surface area contributed by atoms with Crippen molar-refractivity contribution in [3.05, 3.63) is 77.0 Å². The standard InChI is InChI=1S/C27H27FN6O3/c1-33(2)14-21-18(23-15-36-9-10-37-23)4-6-24(32-21)31-20-5-3-17(19-12-30-27(35)26(19)20)22-13-29-25-11-16(28)7-8-34(22)25/h3-8,11,13,23H,9-10,12,14-15H2,1-2H3,(H,30,35)(H,31,32)/t23-/m0/s1. The van der Waals surface area contributed by atoms with Gasteiger partial charge in [0.1, 0.15) is 23.4 Å². The van der Waals surface area contributed by atoms with Gasteiger partial charge in [-0.15, -0.1) is 0 Å². The lowest BCUT2D eigenvalue weighted by Gasteiger charge is -2.26. The topological polar surface area (TPSA) is 93.0 Å². The second kappa shape index (κ2) is 9.55. The average Bonchev–Trinajstić information content (AvgIpc) is 3.48. The van der Waals surface area contributed by atoms with E-state index in [0.717, 1.165) is 28.1 Å². The fourth-order valence-electron chi connectivity index (χ4n) is 4.95. The normalized spacial score (nSPS) is 17.3. The van der Waals surface area contributed by atoms with Crippen LogP contribution in [0.5, 0.6) is 0 Å². The highest BCUT2D eigenvalue weighted by Crippen LogP contribution is 2.36. The van der Waals surface area contributed by atoms with Crippen LogP contribution in [0.1, 0.15) is 33.3 Å². The van der Waals surface area contributed by atoms with Gasteiger partial charge in [0, 0.05) is 36.5 Å². The van der Waals surface area contributed by atoms with Crippen LogP contribution in [0.15, 0.2) is 48.8 Å². The van der Waals surface area contributed by atoms with Crippen LogP contribution in [0.3, 0.4) is 0 Å². The van der Waals surface area contributed by atoms with Gasteiger partial charge in [-0.05, 0) is 37.9 Å². The van der Waals surface area contributed by atoms with Crippen LogP contribution in [0.2, 0.25) is 0 Å². The molecule has 1 aromatic carbocycles. The van der Waals surface area contributed by atoms with Crippen LogP contribution in [-0.2, 0) is 22.6 Å². The summed E-state index contributed by atoms with van der Waals surface area (Å²) in [5.41, 5.74) is 6.15. The lowest BCUT2D eigenvalue weighted by atomic mass is 9.99. The number of fused-ring (bicyclic) bond motifs is 2. The molecule has 0 saturated carbocycles. The molecule has 4 aromatic rings. The van der Waals surface area contributed by atoms with Crippen molar-refractivity contribution >= 4 is 23.1 Å². The van der Waals surface area contributed by atoms with Crippen molar-refractivity contribution in [2.45, 2.75) is 19.2 Å². The van der Waals surface area contributed by atoms with Crippen LogP contribution in [0.25, 0.3) is 16.9 Å². The number of halogens is 1. The molecule has 1 amide bonds. The molecule has 10 heteroatoms. The van der Waals surface area contributed by atoms with E-state index in [4.69, 9.17) is 14.5 Å². The number of pyridine rings is 2. The van der Waals surface area contributed by atoms with E-state index in [1.807, 2.05) is 42.8 Å². The average molecular weight is 503 g/mol. The fourth-order valence-corrected chi connectivity index (χ4v) is 4.95. The summed E-state index contributed by atoms with van der Waals surface area (Å²) in [4.78, 5) is 24.2. The van der Waals surface area contributed by atoms with Gasteiger partial charge in [0.15, 0.2) is 0 Å². The number of carbonyl (C=O) groups excluding carboxylic acids is 1. The van der Waals surface area contributed by atoms with E-state index in [1.165, 1.54) is 12.1 Å². The maximum atomic E-state index is 13.7. The Balaban J connectivity index is 1.37. The first-order valence-electron chi connectivity index (χ1n) is 12.2. The second-order valence-corrected chi connectivity index (χ2v) is 9.44. The van der Waals surface area contributed by atoms with Crippen LogP contribution < -0.4 is 10.6 Å². The third-order valence-electron chi connectivity index (χ3n) is 6.62. The smallest absolute Gasteiger partial charge is 0.254 e. The maximum absolute atomic E-state index is 13.7. The molecule has 190 valence electrons. The van der Waals surface area contributed by atoms with E-state index in [-0.39, 0.29) is 17.8 Å². The first-order valence-corrected chi connectivity index (χ1v) is 12.2. The number of carbonyl (C=O) groups is 1. The number of anilines is 2. The Bertz CT molecular complexity index is 1500. The molecule has 37 heavy (non-hydrogen) atoms. The largest absolute Gasteiger partial charge is 0.376 e. The molecule has 0 radical (unpaired) electrons. The number of amides is 1.